The van der Waals surface area contributed by atoms with Gasteiger partial charge in [-0.05, 0) is 53.0 Å². The lowest BCUT2D eigenvalue weighted by molar-refractivity contribution is -0.162. The van der Waals surface area contributed by atoms with Gasteiger partial charge in [-0.1, -0.05) is 36.4 Å². The fraction of sp³-hybridized carbons (Fsp3) is 0.607. The lowest BCUT2D eigenvalue weighted by atomic mass is 9.66. The first-order chi connectivity index (χ1) is 17.0. The summed E-state index contributed by atoms with van der Waals surface area (Å²) in [4.78, 5) is 45.1. The summed E-state index contributed by atoms with van der Waals surface area (Å²) >= 11 is 0. The van der Waals surface area contributed by atoms with Crippen LogP contribution in [0.25, 0.3) is 0 Å². The van der Waals surface area contributed by atoms with Crippen molar-refractivity contribution >= 4 is 17.8 Å². The van der Waals surface area contributed by atoms with Crippen LogP contribution in [0, 0.1) is 11.8 Å². The van der Waals surface area contributed by atoms with E-state index in [-0.39, 0.29) is 31.6 Å². The molecular weight excluding hydrogens is 460 g/mol. The van der Waals surface area contributed by atoms with E-state index in [1.165, 1.54) is 4.90 Å². The smallest absolute Gasteiger partial charge is 0.312 e. The average molecular weight is 499 g/mol. The number of benzene rings is 1. The van der Waals surface area contributed by atoms with Gasteiger partial charge in [0.1, 0.15) is 17.6 Å². The third kappa shape index (κ3) is 3.86. The fourth-order valence-electron chi connectivity index (χ4n) is 6.57. The molecule has 6 atom stereocenters. The number of fused-ring (bicyclic) bond motifs is 1. The third-order valence-corrected chi connectivity index (χ3v) is 8.07. The highest BCUT2D eigenvalue weighted by Crippen LogP contribution is 2.64. The van der Waals surface area contributed by atoms with Crippen LogP contribution in [0.5, 0.6) is 0 Å². The standard InChI is InChI=1S/C28H38N2O6/c1-7-16-29(26(3,4)5)24(33)22-28-15-14-27(6,36-28)21(25(34)35-8-2)20(28)23(32)30(22)19(17-31)18-12-10-9-11-13-18/h7,9-13,19-22,31H,1,8,14-17H2,2-6H3/t19-,20+,21-,22?,27+,28?/m1/s1. The van der Waals surface area contributed by atoms with Crippen molar-refractivity contribution in [2.45, 2.75) is 76.3 Å². The molecule has 8 heteroatoms. The lowest BCUT2D eigenvalue weighted by Crippen LogP contribution is -2.60. The highest BCUT2D eigenvalue weighted by molar-refractivity contribution is 5.99. The Labute approximate surface area is 213 Å². The number of amides is 2. The third-order valence-electron chi connectivity index (χ3n) is 8.07. The number of nitrogens with zero attached hydrogens (tertiary/aromatic N) is 2. The Balaban J connectivity index is 1.89. The molecule has 3 saturated heterocycles. The van der Waals surface area contributed by atoms with Gasteiger partial charge in [0, 0.05) is 12.1 Å². The van der Waals surface area contributed by atoms with Gasteiger partial charge < -0.3 is 24.4 Å². The molecule has 3 aliphatic rings. The van der Waals surface area contributed by atoms with Gasteiger partial charge in [-0.2, -0.15) is 0 Å². The highest BCUT2D eigenvalue weighted by Gasteiger charge is 2.79. The number of carbonyl (C=O) groups excluding carboxylic acids is 3. The van der Waals surface area contributed by atoms with Crippen molar-refractivity contribution in [1.29, 1.82) is 0 Å². The van der Waals surface area contributed by atoms with E-state index in [1.54, 1.807) is 17.9 Å². The van der Waals surface area contributed by atoms with Crippen LogP contribution in [-0.2, 0) is 23.9 Å². The molecule has 36 heavy (non-hydrogen) atoms. The topological polar surface area (TPSA) is 96.4 Å². The predicted molar refractivity (Wildman–Crippen MR) is 134 cm³/mol. The first-order valence-electron chi connectivity index (χ1n) is 12.7. The molecule has 1 N–H and O–H groups in total. The maximum Gasteiger partial charge on any atom is 0.312 e. The normalized spacial score (nSPS) is 31.8. The molecule has 3 fully saturated rings. The summed E-state index contributed by atoms with van der Waals surface area (Å²) in [7, 11) is 0. The molecule has 2 bridgehead atoms. The van der Waals surface area contributed by atoms with E-state index in [0.29, 0.717) is 18.4 Å². The number of hydrogen-bond acceptors (Lipinski definition) is 6. The van der Waals surface area contributed by atoms with Gasteiger partial charge in [-0.3, -0.25) is 14.4 Å². The number of likely N-dealkylation sites (tertiary alicyclic amines) is 1. The van der Waals surface area contributed by atoms with Crippen molar-refractivity contribution < 1.29 is 29.0 Å². The van der Waals surface area contributed by atoms with Crippen molar-refractivity contribution in [3.63, 3.8) is 0 Å². The zero-order valence-corrected chi connectivity index (χ0v) is 21.9. The molecule has 2 amide bonds. The minimum atomic E-state index is -1.19. The monoisotopic (exact) mass is 498 g/mol. The van der Waals surface area contributed by atoms with Gasteiger partial charge in [0.15, 0.2) is 0 Å². The van der Waals surface area contributed by atoms with Gasteiger partial charge in [0.05, 0.1) is 30.8 Å². The van der Waals surface area contributed by atoms with E-state index < -0.39 is 46.6 Å². The molecule has 3 heterocycles. The maximum atomic E-state index is 14.4. The summed E-state index contributed by atoms with van der Waals surface area (Å²) in [5.74, 6) is -2.80. The van der Waals surface area contributed by atoms with Crippen LogP contribution in [0.15, 0.2) is 43.0 Å². The molecule has 1 aromatic carbocycles. The average Bonchev–Trinajstić information content (AvgIpc) is 3.39. The van der Waals surface area contributed by atoms with Crippen LogP contribution in [0.3, 0.4) is 0 Å². The molecule has 196 valence electrons. The van der Waals surface area contributed by atoms with Gasteiger partial charge in [-0.15, -0.1) is 6.58 Å². The van der Waals surface area contributed by atoms with Gasteiger partial charge in [0.2, 0.25) is 11.8 Å². The second kappa shape index (κ2) is 9.30. The zero-order valence-electron chi connectivity index (χ0n) is 21.9. The molecule has 3 aliphatic heterocycles. The number of aliphatic hydroxyl groups excluding tert-OH is 1. The predicted octanol–water partition coefficient (Wildman–Crippen LogP) is 2.86. The summed E-state index contributed by atoms with van der Waals surface area (Å²) < 4.78 is 12.0. The summed E-state index contributed by atoms with van der Waals surface area (Å²) in [5, 5.41) is 10.5. The Morgan fingerprint density at radius 3 is 2.53 bits per heavy atom. The van der Waals surface area contributed by atoms with E-state index in [0.717, 1.165) is 0 Å². The number of esters is 1. The first-order valence-corrected chi connectivity index (χ1v) is 12.7. The van der Waals surface area contributed by atoms with E-state index in [2.05, 4.69) is 6.58 Å². The summed E-state index contributed by atoms with van der Waals surface area (Å²) in [6.07, 6.45) is 2.65. The molecule has 0 aromatic heterocycles. The number of hydrogen-bond donors (Lipinski definition) is 1. The Morgan fingerprint density at radius 2 is 1.97 bits per heavy atom. The molecule has 0 aliphatic carbocycles. The summed E-state index contributed by atoms with van der Waals surface area (Å²) in [6.45, 7) is 13.3. The second-order valence-corrected chi connectivity index (χ2v) is 11.2. The zero-order chi connectivity index (χ0) is 26.5. The van der Waals surface area contributed by atoms with Gasteiger partial charge >= 0.3 is 5.97 Å². The highest BCUT2D eigenvalue weighted by atomic mass is 16.6. The van der Waals surface area contributed by atoms with E-state index in [4.69, 9.17) is 9.47 Å². The van der Waals surface area contributed by atoms with E-state index in [1.807, 2.05) is 58.0 Å². The molecule has 2 unspecified atom stereocenters. The minimum absolute atomic E-state index is 0.186. The maximum absolute atomic E-state index is 14.4. The number of aliphatic hydroxyl groups is 1. The summed E-state index contributed by atoms with van der Waals surface area (Å²) in [5.41, 5.74) is -1.93. The Hall–Kier alpha value is -2.71. The molecule has 8 nitrogen and oxygen atoms in total. The van der Waals surface area contributed by atoms with Crippen LogP contribution < -0.4 is 0 Å². The Morgan fingerprint density at radius 1 is 1.31 bits per heavy atom. The Bertz CT molecular complexity index is 1040. The van der Waals surface area contributed by atoms with Crippen LogP contribution in [-0.4, -0.2) is 75.2 Å². The van der Waals surface area contributed by atoms with Crippen molar-refractivity contribution in [1.82, 2.24) is 9.80 Å². The molecule has 0 saturated carbocycles. The van der Waals surface area contributed by atoms with Crippen molar-refractivity contribution in [3.8, 4) is 0 Å². The van der Waals surface area contributed by atoms with Crippen molar-refractivity contribution in [2.24, 2.45) is 11.8 Å². The largest absolute Gasteiger partial charge is 0.466 e. The minimum Gasteiger partial charge on any atom is -0.466 e. The molecule has 1 spiro atoms. The van der Waals surface area contributed by atoms with Crippen LogP contribution in [0.2, 0.25) is 0 Å². The van der Waals surface area contributed by atoms with E-state index in [9.17, 15) is 19.5 Å². The first kappa shape index (κ1) is 26.4. The fourth-order valence-corrected chi connectivity index (χ4v) is 6.57. The number of ether oxygens (including phenoxy) is 2. The molecule has 4 rings (SSSR count). The lowest BCUT2D eigenvalue weighted by Gasteiger charge is -2.43. The molecule has 0 radical (unpaired) electrons. The van der Waals surface area contributed by atoms with Crippen LogP contribution in [0.1, 0.15) is 59.1 Å². The van der Waals surface area contributed by atoms with Crippen molar-refractivity contribution in [2.75, 3.05) is 19.8 Å². The molecular formula is C28H38N2O6. The molecule has 1 aromatic rings. The number of rotatable bonds is 8. The Kier molecular flexibility index (Phi) is 6.81. The van der Waals surface area contributed by atoms with Gasteiger partial charge in [0.25, 0.3) is 0 Å². The van der Waals surface area contributed by atoms with Crippen molar-refractivity contribution in [3.05, 3.63) is 48.6 Å². The second-order valence-electron chi connectivity index (χ2n) is 11.2. The summed E-state index contributed by atoms with van der Waals surface area (Å²) in [6, 6.07) is 7.40. The van der Waals surface area contributed by atoms with Crippen LogP contribution in [0.4, 0.5) is 0 Å². The number of carbonyl (C=O) groups is 3. The SMILES string of the molecule is C=CCN(C(=O)C1N([C@H](CO)c2ccccc2)C(=O)[C@@H]2[C@H](C(=O)OCC)[C@]3(C)CCC12O3)C(C)(C)C. The van der Waals surface area contributed by atoms with Crippen LogP contribution >= 0.6 is 0 Å². The van der Waals surface area contributed by atoms with E-state index >= 15 is 0 Å². The van der Waals surface area contributed by atoms with Gasteiger partial charge in [-0.25, -0.2) is 0 Å². The quantitative estimate of drug-likeness (QED) is 0.437.